The second-order valence-electron chi connectivity index (χ2n) is 5.75. The van der Waals surface area contributed by atoms with Crippen LogP contribution in [0, 0.1) is 0 Å². The number of carbonyl (C=O) groups excluding carboxylic acids is 2. The smallest absolute Gasteiger partial charge is 0.236 e. The van der Waals surface area contributed by atoms with Crippen molar-refractivity contribution in [3.05, 3.63) is 0 Å². The number of Topliss-reactive ketones (excluding diaryl/α,β-unsaturated/α-hetero) is 1. The van der Waals surface area contributed by atoms with Gasteiger partial charge in [-0.2, -0.15) is 0 Å². The molecule has 4 nitrogen and oxygen atoms in total. The molecule has 1 atom stereocenters. The van der Waals surface area contributed by atoms with E-state index in [0.29, 0.717) is 6.42 Å². The van der Waals surface area contributed by atoms with Crippen molar-refractivity contribution in [1.82, 2.24) is 10.1 Å². The van der Waals surface area contributed by atoms with Gasteiger partial charge in [-0.3, -0.25) is 9.59 Å². The highest BCUT2D eigenvalue weighted by Gasteiger charge is 2.39. The van der Waals surface area contributed by atoms with Crippen LogP contribution >= 0.6 is 0 Å². The minimum atomic E-state index is -0.299. The third-order valence-corrected chi connectivity index (χ3v) is 4.13. The normalized spacial score (nSPS) is 27.3. The number of nitrogens with one attached hydrogen (secondary N) is 1. The average Bonchev–Trinajstić information content (AvgIpc) is 2.86. The van der Waals surface area contributed by atoms with Crippen LogP contribution in [0.1, 0.15) is 51.9 Å². The van der Waals surface area contributed by atoms with E-state index < -0.39 is 0 Å². The molecule has 2 radical (unpaired) electrons. The summed E-state index contributed by atoms with van der Waals surface area (Å²) >= 11 is 0. The summed E-state index contributed by atoms with van der Waals surface area (Å²) in [5, 5.41) is 3.11. The first-order valence-corrected chi connectivity index (χ1v) is 6.85. The molecular weight excluding hydrogens is 227 g/mol. The van der Waals surface area contributed by atoms with Crippen LogP contribution in [0.25, 0.3) is 0 Å². The largest absolute Gasteiger partial charge is 0.349 e. The molecule has 1 saturated carbocycles. The molecule has 0 bridgehead atoms. The molecule has 1 amide bonds. The van der Waals surface area contributed by atoms with Crippen LogP contribution in [0.5, 0.6) is 0 Å². The third-order valence-electron chi connectivity index (χ3n) is 4.13. The molecule has 2 fully saturated rings. The fraction of sp³-hybridized carbons (Fsp3) is 0.846. The maximum absolute atomic E-state index is 12.3. The number of nitrogens with zero attached hydrogens (tertiary/aromatic N) is 1. The van der Waals surface area contributed by atoms with Crippen LogP contribution in [0.4, 0.5) is 0 Å². The van der Waals surface area contributed by atoms with Crippen LogP contribution in [-0.2, 0) is 9.59 Å². The molecule has 0 aromatic carbocycles. The van der Waals surface area contributed by atoms with Crippen molar-refractivity contribution in [2.75, 3.05) is 6.54 Å². The van der Waals surface area contributed by atoms with Crippen molar-refractivity contribution in [2.24, 2.45) is 0 Å². The third kappa shape index (κ3) is 2.94. The first-order valence-electron chi connectivity index (χ1n) is 6.85. The highest BCUT2D eigenvalue weighted by Crippen LogP contribution is 2.33. The van der Waals surface area contributed by atoms with E-state index in [0.717, 1.165) is 45.1 Å². The molecule has 1 unspecified atom stereocenters. The van der Waals surface area contributed by atoms with Crippen LogP contribution in [-0.4, -0.2) is 42.6 Å². The molecule has 1 aliphatic heterocycles. The quantitative estimate of drug-likeness (QED) is 0.753. The fourth-order valence-corrected chi connectivity index (χ4v) is 3.29. The summed E-state index contributed by atoms with van der Waals surface area (Å²) in [4.78, 5) is 25.3. The molecule has 1 heterocycles. The van der Waals surface area contributed by atoms with Gasteiger partial charge in [0.2, 0.25) is 5.91 Å². The van der Waals surface area contributed by atoms with Gasteiger partial charge >= 0.3 is 0 Å². The zero-order chi connectivity index (χ0) is 13.2. The van der Waals surface area contributed by atoms with Crippen molar-refractivity contribution in [3.63, 3.8) is 0 Å². The minimum absolute atomic E-state index is 0.00171. The number of rotatable bonds is 4. The maximum atomic E-state index is 12.3. The maximum Gasteiger partial charge on any atom is 0.236 e. The second-order valence-corrected chi connectivity index (χ2v) is 5.75. The fourth-order valence-electron chi connectivity index (χ4n) is 3.29. The van der Waals surface area contributed by atoms with Crippen molar-refractivity contribution in [2.45, 2.75) is 63.5 Å². The van der Waals surface area contributed by atoms with Gasteiger partial charge in [-0.05, 0) is 39.2 Å². The van der Waals surface area contributed by atoms with Gasteiger partial charge in [0.05, 0.1) is 6.04 Å². The first kappa shape index (κ1) is 13.6. The number of ketones is 1. The van der Waals surface area contributed by atoms with Gasteiger partial charge in [-0.25, -0.2) is 0 Å². The van der Waals surface area contributed by atoms with E-state index in [1.165, 1.54) is 0 Å². The first-order chi connectivity index (χ1) is 8.52. The van der Waals surface area contributed by atoms with Gasteiger partial charge in [-0.1, -0.05) is 12.8 Å². The zero-order valence-electron chi connectivity index (χ0n) is 11.1. The van der Waals surface area contributed by atoms with E-state index in [1.807, 2.05) is 0 Å². The topological polar surface area (TPSA) is 49.4 Å². The Hall–Kier alpha value is -0.835. The molecule has 0 spiro atoms. The predicted octanol–water partition coefficient (Wildman–Crippen LogP) is 0.942. The lowest BCUT2D eigenvalue weighted by Gasteiger charge is -2.32. The van der Waals surface area contributed by atoms with E-state index in [-0.39, 0.29) is 23.3 Å². The monoisotopic (exact) mass is 248 g/mol. The summed E-state index contributed by atoms with van der Waals surface area (Å²) < 4.78 is 0. The van der Waals surface area contributed by atoms with Crippen LogP contribution in [0.2, 0.25) is 0 Å². The lowest BCUT2D eigenvalue weighted by atomic mass is 9.90. The van der Waals surface area contributed by atoms with E-state index >= 15 is 0 Å². The molecule has 98 valence electrons. The molecule has 1 saturated heterocycles. The van der Waals surface area contributed by atoms with Gasteiger partial charge in [-0.15, -0.1) is 0 Å². The van der Waals surface area contributed by atoms with Crippen LogP contribution in [0.15, 0.2) is 0 Å². The molecule has 2 aliphatic rings. The Kier molecular flexibility index (Phi) is 4.10. The molecule has 1 aliphatic carbocycles. The van der Waals surface area contributed by atoms with Crippen molar-refractivity contribution in [1.29, 1.82) is 0 Å². The van der Waals surface area contributed by atoms with Crippen molar-refractivity contribution >= 4 is 19.7 Å². The molecule has 0 aromatic heterocycles. The Morgan fingerprint density at radius 1 is 1.33 bits per heavy atom. The standard InChI is InChI=1S/C13H21BN2O2/c1-10(17)9-13(6-2-3-7-13)15-12(18)11-5-4-8-16(11)14/h11H,2-9H2,1H3,(H,15,18). The molecule has 0 aromatic rings. The number of carbonyl (C=O) groups is 2. The van der Waals surface area contributed by atoms with Crippen LogP contribution in [0.3, 0.4) is 0 Å². The van der Waals surface area contributed by atoms with Crippen LogP contribution < -0.4 is 5.32 Å². The summed E-state index contributed by atoms with van der Waals surface area (Å²) in [5.74, 6) is 0.145. The molecular formula is C13H21BN2O2. The average molecular weight is 248 g/mol. The summed E-state index contributed by atoms with van der Waals surface area (Å²) in [6, 6.07) is -0.213. The van der Waals surface area contributed by atoms with E-state index in [4.69, 9.17) is 7.98 Å². The highest BCUT2D eigenvalue weighted by molar-refractivity contribution is 6.07. The predicted molar refractivity (Wildman–Crippen MR) is 70.1 cm³/mol. The second kappa shape index (κ2) is 5.43. The SMILES string of the molecule is [B]N1CCCC1C(=O)NC1(CC(C)=O)CCCC1. The van der Waals surface area contributed by atoms with E-state index in [1.54, 1.807) is 11.7 Å². The van der Waals surface area contributed by atoms with Crippen molar-refractivity contribution < 1.29 is 9.59 Å². The molecule has 2 rings (SSSR count). The Morgan fingerprint density at radius 3 is 2.50 bits per heavy atom. The molecule has 5 heteroatoms. The van der Waals surface area contributed by atoms with Gasteiger partial charge in [0.25, 0.3) is 0 Å². The Balaban J connectivity index is 2.00. The number of hydrogen-bond acceptors (Lipinski definition) is 3. The highest BCUT2D eigenvalue weighted by atomic mass is 16.2. The lowest BCUT2D eigenvalue weighted by molar-refractivity contribution is -0.127. The van der Waals surface area contributed by atoms with Crippen molar-refractivity contribution in [3.8, 4) is 0 Å². The summed E-state index contributed by atoms with van der Waals surface area (Å²) in [6.45, 7) is 2.37. The van der Waals surface area contributed by atoms with Gasteiger partial charge in [0.15, 0.2) is 7.98 Å². The Bertz CT molecular complexity index is 340. The zero-order valence-corrected chi connectivity index (χ0v) is 11.1. The van der Waals surface area contributed by atoms with E-state index in [2.05, 4.69) is 5.32 Å². The summed E-state index contributed by atoms with van der Waals surface area (Å²) in [7, 11) is 5.80. The number of amides is 1. The van der Waals surface area contributed by atoms with Gasteiger partial charge in [0, 0.05) is 12.0 Å². The molecule has 18 heavy (non-hydrogen) atoms. The lowest BCUT2D eigenvalue weighted by Crippen LogP contribution is -2.53. The van der Waals surface area contributed by atoms with E-state index in [9.17, 15) is 9.59 Å². The Morgan fingerprint density at radius 2 is 2.00 bits per heavy atom. The van der Waals surface area contributed by atoms with Gasteiger partial charge in [0.1, 0.15) is 5.78 Å². The summed E-state index contributed by atoms with van der Waals surface area (Å²) in [6.07, 6.45) is 6.24. The summed E-state index contributed by atoms with van der Waals surface area (Å²) in [5.41, 5.74) is -0.299. The number of hydrogen-bond donors (Lipinski definition) is 1. The van der Waals surface area contributed by atoms with Gasteiger partial charge < -0.3 is 10.1 Å². The minimum Gasteiger partial charge on any atom is -0.349 e. The molecule has 1 N–H and O–H groups in total. The Labute approximate surface area is 110 Å².